The Labute approximate surface area is 199 Å². The van der Waals surface area contributed by atoms with Crippen molar-refractivity contribution in [2.45, 2.75) is 66.1 Å². The van der Waals surface area contributed by atoms with Crippen molar-refractivity contribution in [2.24, 2.45) is 10.9 Å². The first-order chi connectivity index (χ1) is 16.1. The smallest absolute Gasteiger partial charge is 0.228 e. The third kappa shape index (κ3) is 4.82. The molecule has 0 amide bonds. The highest BCUT2D eigenvalue weighted by Crippen LogP contribution is 2.38. The van der Waals surface area contributed by atoms with Crippen LogP contribution in [0.4, 0.5) is 5.82 Å². The summed E-state index contributed by atoms with van der Waals surface area (Å²) in [7, 11) is 1.42. The second-order valence-electron chi connectivity index (χ2n) is 9.31. The number of phenolic OH excluding ortho intramolecular Hbond substituents is 2. The van der Waals surface area contributed by atoms with E-state index < -0.39 is 0 Å². The van der Waals surface area contributed by atoms with Crippen LogP contribution in [-0.4, -0.2) is 54.8 Å². The Morgan fingerprint density at radius 2 is 1.82 bits per heavy atom. The molecule has 5 N–H and O–H groups in total. The number of aliphatic hydroxyl groups is 1. The number of aromatic amines is 1. The van der Waals surface area contributed by atoms with Crippen LogP contribution in [0.15, 0.2) is 17.1 Å². The van der Waals surface area contributed by atoms with Crippen LogP contribution in [0.25, 0.3) is 11.0 Å². The Hall–Kier alpha value is -3.27. The number of nitrogens with zero attached hydrogens (tertiary/aromatic N) is 4. The number of H-pyrrole nitrogens is 1. The maximum absolute atomic E-state index is 10.4. The van der Waals surface area contributed by atoms with Crippen LogP contribution in [0.2, 0.25) is 0 Å². The molecule has 0 fully saturated rings. The lowest BCUT2D eigenvalue weighted by atomic mass is 10.1. The molecule has 0 spiro atoms. The molecule has 0 saturated heterocycles. The second-order valence-corrected chi connectivity index (χ2v) is 9.31. The molecule has 3 aromatic rings. The minimum absolute atomic E-state index is 0.0481. The minimum Gasteiger partial charge on any atom is -0.504 e. The van der Waals surface area contributed by atoms with Gasteiger partial charge in [0.05, 0.1) is 31.0 Å². The SMILES string of the molecule is COc1ccc(CNc2nc(=NC(CO)C(C)C)n(C(C)C)c3c(C(C)C)[nH]nc23)c(O)c1O. The van der Waals surface area contributed by atoms with Crippen LogP contribution in [0.5, 0.6) is 17.2 Å². The van der Waals surface area contributed by atoms with E-state index in [0.717, 1.165) is 11.2 Å². The molecular weight excluding hydrogens is 436 g/mol. The van der Waals surface area contributed by atoms with Crippen molar-refractivity contribution < 1.29 is 20.1 Å². The van der Waals surface area contributed by atoms with Crippen molar-refractivity contribution in [3.8, 4) is 17.2 Å². The van der Waals surface area contributed by atoms with Crippen molar-refractivity contribution >= 4 is 16.9 Å². The maximum atomic E-state index is 10.4. The van der Waals surface area contributed by atoms with Gasteiger partial charge in [-0.05, 0) is 37.8 Å². The average molecular weight is 473 g/mol. The molecule has 34 heavy (non-hydrogen) atoms. The van der Waals surface area contributed by atoms with Gasteiger partial charge in [0.2, 0.25) is 11.4 Å². The molecule has 0 aliphatic rings. The standard InChI is InChI=1S/C24H36N6O4/c1-12(2)16(11-31)26-24-27-23(25-10-15-8-9-17(34-7)22(33)21(15)32)19-20(30(24)14(5)6)18(13(3)4)28-29-19/h8-9,12-14,16,31-33H,10-11H2,1-7H3,(H,28,29)(H,25,26,27). The summed E-state index contributed by atoms with van der Waals surface area (Å²) in [6.45, 7) is 12.4. The first-order valence-corrected chi connectivity index (χ1v) is 11.6. The van der Waals surface area contributed by atoms with Gasteiger partial charge < -0.3 is 29.9 Å². The number of anilines is 1. The van der Waals surface area contributed by atoms with Gasteiger partial charge >= 0.3 is 0 Å². The van der Waals surface area contributed by atoms with Crippen molar-refractivity contribution in [1.29, 1.82) is 0 Å². The molecule has 1 unspecified atom stereocenters. The van der Waals surface area contributed by atoms with Crippen LogP contribution in [0.3, 0.4) is 0 Å². The van der Waals surface area contributed by atoms with E-state index in [-0.39, 0.29) is 54.3 Å². The van der Waals surface area contributed by atoms with Gasteiger partial charge in [0.1, 0.15) is 0 Å². The van der Waals surface area contributed by atoms with Gasteiger partial charge in [-0.2, -0.15) is 10.1 Å². The molecule has 2 aromatic heterocycles. The molecular formula is C24H36N6O4. The minimum atomic E-state index is -0.314. The highest BCUT2D eigenvalue weighted by molar-refractivity contribution is 5.87. The highest BCUT2D eigenvalue weighted by Gasteiger charge is 2.22. The number of phenols is 2. The van der Waals surface area contributed by atoms with E-state index in [1.807, 2.05) is 18.4 Å². The van der Waals surface area contributed by atoms with Crippen molar-refractivity contribution in [3.05, 3.63) is 29.0 Å². The topological polar surface area (TPSA) is 141 Å². The molecule has 0 radical (unpaired) electrons. The van der Waals surface area contributed by atoms with Crippen molar-refractivity contribution in [3.63, 3.8) is 0 Å². The van der Waals surface area contributed by atoms with Gasteiger partial charge in [-0.3, -0.25) is 5.10 Å². The molecule has 0 saturated carbocycles. The molecule has 2 heterocycles. The van der Waals surface area contributed by atoms with E-state index in [2.05, 4.69) is 43.2 Å². The summed E-state index contributed by atoms with van der Waals surface area (Å²) in [6, 6.07) is 3.00. The Balaban J connectivity index is 2.20. The van der Waals surface area contributed by atoms with E-state index in [1.165, 1.54) is 7.11 Å². The summed E-state index contributed by atoms with van der Waals surface area (Å²) in [6.07, 6.45) is 0. The molecule has 1 atom stereocenters. The zero-order chi connectivity index (χ0) is 25.2. The van der Waals surface area contributed by atoms with Gasteiger partial charge in [-0.15, -0.1) is 0 Å². The third-order valence-corrected chi connectivity index (χ3v) is 5.86. The number of hydrogen-bond donors (Lipinski definition) is 5. The molecule has 0 aliphatic carbocycles. The quantitative estimate of drug-likeness (QED) is 0.301. The Kier molecular flexibility index (Phi) is 7.71. The summed E-state index contributed by atoms with van der Waals surface area (Å²) in [4.78, 5) is 9.60. The van der Waals surface area contributed by atoms with Crippen LogP contribution in [0.1, 0.15) is 64.8 Å². The Bertz CT molecular complexity index is 1210. The lowest BCUT2D eigenvalue weighted by molar-refractivity contribution is 0.235. The predicted octanol–water partition coefficient (Wildman–Crippen LogP) is 3.41. The fourth-order valence-electron chi connectivity index (χ4n) is 3.81. The van der Waals surface area contributed by atoms with Crippen LogP contribution < -0.4 is 15.7 Å². The number of ether oxygens (including phenoxy) is 1. The third-order valence-electron chi connectivity index (χ3n) is 5.86. The predicted molar refractivity (Wildman–Crippen MR) is 131 cm³/mol. The van der Waals surface area contributed by atoms with Crippen molar-refractivity contribution in [2.75, 3.05) is 19.0 Å². The number of aromatic hydroxyl groups is 2. The summed E-state index contributed by atoms with van der Waals surface area (Å²) < 4.78 is 7.09. The summed E-state index contributed by atoms with van der Waals surface area (Å²) >= 11 is 0. The number of aliphatic hydroxyl groups excluding tert-OH is 1. The maximum Gasteiger partial charge on any atom is 0.228 e. The summed E-state index contributed by atoms with van der Waals surface area (Å²) in [5.74, 6) is 0.422. The van der Waals surface area contributed by atoms with Gasteiger partial charge in [0.15, 0.2) is 22.8 Å². The number of rotatable bonds is 9. The molecule has 3 rings (SSSR count). The molecule has 10 nitrogen and oxygen atoms in total. The number of nitrogens with one attached hydrogen (secondary N) is 2. The van der Waals surface area contributed by atoms with E-state index in [1.54, 1.807) is 12.1 Å². The van der Waals surface area contributed by atoms with E-state index >= 15 is 0 Å². The Morgan fingerprint density at radius 1 is 1.12 bits per heavy atom. The second kappa shape index (κ2) is 10.3. The first-order valence-electron chi connectivity index (χ1n) is 11.6. The van der Waals surface area contributed by atoms with Crippen molar-refractivity contribution in [1.82, 2.24) is 19.7 Å². The largest absolute Gasteiger partial charge is 0.504 e. The van der Waals surface area contributed by atoms with Gasteiger partial charge in [0.25, 0.3) is 0 Å². The van der Waals surface area contributed by atoms with Crippen LogP contribution in [0, 0.1) is 5.92 Å². The fraction of sp³-hybridized carbons (Fsp3) is 0.542. The fourth-order valence-corrected chi connectivity index (χ4v) is 3.81. The van der Waals surface area contributed by atoms with E-state index in [9.17, 15) is 15.3 Å². The number of fused-ring (bicyclic) bond motifs is 1. The highest BCUT2D eigenvalue weighted by atomic mass is 16.5. The normalized spacial score (nSPS) is 13.4. The lowest BCUT2D eigenvalue weighted by Crippen LogP contribution is -2.32. The zero-order valence-corrected chi connectivity index (χ0v) is 20.9. The molecule has 0 bridgehead atoms. The number of methoxy groups -OCH3 is 1. The number of aromatic nitrogens is 4. The van der Waals surface area contributed by atoms with Crippen LogP contribution in [-0.2, 0) is 6.54 Å². The summed E-state index contributed by atoms with van der Waals surface area (Å²) in [5.41, 5.74) is 3.47. The molecule has 1 aromatic carbocycles. The van der Waals surface area contributed by atoms with E-state index in [0.29, 0.717) is 22.5 Å². The van der Waals surface area contributed by atoms with Gasteiger partial charge in [-0.1, -0.05) is 27.7 Å². The monoisotopic (exact) mass is 472 g/mol. The van der Waals surface area contributed by atoms with E-state index in [4.69, 9.17) is 14.7 Å². The molecule has 186 valence electrons. The first kappa shape index (κ1) is 25.4. The van der Waals surface area contributed by atoms with Gasteiger partial charge in [-0.25, -0.2) is 4.99 Å². The number of benzene rings is 1. The molecule has 0 aliphatic heterocycles. The zero-order valence-electron chi connectivity index (χ0n) is 20.9. The Morgan fingerprint density at radius 3 is 2.38 bits per heavy atom. The van der Waals surface area contributed by atoms with Gasteiger partial charge in [0, 0.05) is 18.2 Å². The van der Waals surface area contributed by atoms with Crippen LogP contribution >= 0.6 is 0 Å². The summed E-state index contributed by atoms with van der Waals surface area (Å²) in [5, 5.41) is 41.4. The number of hydrogen-bond acceptors (Lipinski definition) is 8. The molecule has 10 heteroatoms. The average Bonchev–Trinajstić information content (AvgIpc) is 3.23. The lowest BCUT2D eigenvalue weighted by Gasteiger charge is -2.19.